The minimum Gasteiger partial charge on any atom is -0.508 e. The number of hydrogen-bond donors (Lipinski definition) is 3. The predicted octanol–water partition coefficient (Wildman–Crippen LogP) is 1.71. The maximum atomic E-state index is 10.1. The zero-order valence-corrected chi connectivity index (χ0v) is 17.2. The summed E-state index contributed by atoms with van der Waals surface area (Å²) in [5.74, 6) is 1.75. The van der Waals surface area contributed by atoms with Gasteiger partial charge in [0, 0.05) is 31.2 Å². The fraction of sp³-hybridized carbons (Fsp3) is 0.348. The predicted molar refractivity (Wildman–Crippen MR) is 119 cm³/mol. The summed E-state index contributed by atoms with van der Waals surface area (Å²) in [7, 11) is 0. The van der Waals surface area contributed by atoms with Gasteiger partial charge in [-0.15, -0.1) is 0 Å². The lowest BCUT2D eigenvalue weighted by molar-refractivity contribution is 0.252. The first kappa shape index (κ1) is 19.7. The van der Waals surface area contributed by atoms with E-state index in [0.717, 1.165) is 19.4 Å². The van der Waals surface area contributed by atoms with Gasteiger partial charge in [-0.05, 0) is 36.1 Å². The normalized spacial score (nSPS) is 20.7. The van der Waals surface area contributed by atoms with E-state index in [1.54, 1.807) is 18.2 Å². The Morgan fingerprint density at radius 3 is 2.55 bits per heavy atom. The Balaban J connectivity index is 1.59. The van der Waals surface area contributed by atoms with Gasteiger partial charge >= 0.3 is 0 Å². The fourth-order valence-electron chi connectivity index (χ4n) is 4.35. The highest BCUT2D eigenvalue weighted by atomic mass is 16.3. The number of rotatable bonds is 4. The molecule has 0 unspecified atom stereocenters. The van der Waals surface area contributed by atoms with Gasteiger partial charge < -0.3 is 25.7 Å². The lowest BCUT2D eigenvalue weighted by atomic mass is 9.94. The molecule has 0 spiro atoms. The van der Waals surface area contributed by atoms with Crippen LogP contribution in [-0.4, -0.2) is 56.9 Å². The summed E-state index contributed by atoms with van der Waals surface area (Å²) in [6, 6.07) is 15.1. The van der Waals surface area contributed by atoms with Gasteiger partial charge in [0.15, 0.2) is 5.82 Å². The number of benzene rings is 2. The molecular weight excluding hydrogens is 392 g/mol. The number of aliphatic hydroxyl groups is 1. The molecule has 160 valence electrons. The summed E-state index contributed by atoms with van der Waals surface area (Å²) in [5.41, 5.74) is 9.28. The molecule has 0 saturated carbocycles. The summed E-state index contributed by atoms with van der Waals surface area (Å²) < 4.78 is 0. The van der Waals surface area contributed by atoms with E-state index in [1.165, 1.54) is 11.1 Å². The van der Waals surface area contributed by atoms with Gasteiger partial charge in [-0.1, -0.05) is 36.4 Å². The summed E-state index contributed by atoms with van der Waals surface area (Å²) in [6.45, 7) is 2.10. The highest BCUT2D eigenvalue weighted by Crippen LogP contribution is 2.30. The molecule has 3 aromatic rings. The van der Waals surface area contributed by atoms with Crippen LogP contribution in [0.1, 0.15) is 17.5 Å². The van der Waals surface area contributed by atoms with Crippen LogP contribution in [0.4, 0.5) is 11.9 Å². The highest BCUT2D eigenvalue weighted by molar-refractivity contribution is 5.61. The van der Waals surface area contributed by atoms with Crippen molar-refractivity contribution in [2.24, 2.45) is 5.73 Å². The number of nitrogens with zero attached hydrogens (tertiary/aromatic N) is 5. The lowest BCUT2D eigenvalue weighted by Gasteiger charge is -2.36. The number of hydrogen-bond acceptors (Lipinski definition) is 8. The van der Waals surface area contributed by atoms with Crippen molar-refractivity contribution in [2.75, 3.05) is 29.5 Å². The lowest BCUT2D eigenvalue weighted by Crippen LogP contribution is -2.44. The van der Waals surface area contributed by atoms with Crippen LogP contribution in [0.25, 0.3) is 11.4 Å². The van der Waals surface area contributed by atoms with Crippen LogP contribution < -0.4 is 15.5 Å². The Kier molecular flexibility index (Phi) is 5.17. The number of aliphatic hydroxyl groups excluding tert-OH is 1. The number of aromatic nitrogens is 3. The zero-order valence-electron chi connectivity index (χ0n) is 17.2. The average molecular weight is 419 g/mol. The molecule has 5 rings (SSSR count). The molecule has 4 N–H and O–H groups in total. The molecule has 2 aliphatic heterocycles. The monoisotopic (exact) mass is 418 g/mol. The minimum atomic E-state index is -0.122. The van der Waals surface area contributed by atoms with Crippen LogP contribution in [0.2, 0.25) is 0 Å². The first-order valence-corrected chi connectivity index (χ1v) is 10.6. The molecule has 0 radical (unpaired) electrons. The molecule has 1 fully saturated rings. The second-order valence-electron chi connectivity index (χ2n) is 8.24. The van der Waals surface area contributed by atoms with E-state index in [0.29, 0.717) is 36.4 Å². The summed E-state index contributed by atoms with van der Waals surface area (Å²) in [4.78, 5) is 18.4. The molecule has 0 aliphatic carbocycles. The van der Waals surface area contributed by atoms with Gasteiger partial charge in [0.05, 0.1) is 12.6 Å². The quantitative estimate of drug-likeness (QED) is 0.587. The van der Waals surface area contributed by atoms with Gasteiger partial charge in [-0.3, -0.25) is 0 Å². The maximum absolute atomic E-state index is 10.1. The van der Waals surface area contributed by atoms with Gasteiger partial charge in [0.25, 0.3) is 0 Å². The largest absolute Gasteiger partial charge is 0.508 e. The molecule has 1 aromatic heterocycles. The smallest absolute Gasteiger partial charge is 0.231 e. The van der Waals surface area contributed by atoms with E-state index in [4.69, 9.17) is 20.7 Å². The zero-order chi connectivity index (χ0) is 21.4. The van der Waals surface area contributed by atoms with Gasteiger partial charge in [-0.25, -0.2) is 0 Å². The van der Waals surface area contributed by atoms with E-state index in [-0.39, 0.29) is 24.4 Å². The fourth-order valence-corrected chi connectivity index (χ4v) is 4.35. The van der Waals surface area contributed by atoms with Crippen molar-refractivity contribution in [3.63, 3.8) is 0 Å². The number of aromatic hydroxyl groups is 1. The van der Waals surface area contributed by atoms with E-state index in [1.807, 2.05) is 18.2 Å². The van der Waals surface area contributed by atoms with Crippen molar-refractivity contribution < 1.29 is 10.2 Å². The third-order valence-electron chi connectivity index (χ3n) is 6.05. The number of fused-ring (bicyclic) bond motifs is 1. The van der Waals surface area contributed by atoms with Crippen molar-refractivity contribution >= 4 is 11.9 Å². The van der Waals surface area contributed by atoms with Crippen LogP contribution in [-0.2, 0) is 13.0 Å². The Labute approximate surface area is 181 Å². The molecule has 8 heteroatoms. The number of phenolic OH excluding ortho intramolecular Hbond substituents is 1. The van der Waals surface area contributed by atoms with E-state index in [2.05, 4.69) is 21.9 Å². The average Bonchev–Trinajstić information content (AvgIpc) is 3.24. The Hall–Kier alpha value is -3.23. The number of phenols is 1. The van der Waals surface area contributed by atoms with Crippen molar-refractivity contribution in [1.82, 2.24) is 15.0 Å². The summed E-state index contributed by atoms with van der Waals surface area (Å²) >= 11 is 0. The molecule has 3 heterocycles. The van der Waals surface area contributed by atoms with Gasteiger partial charge in [0.2, 0.25) is 11.9 Å². The third-order valence-corrected chi connectivity index (χ3v) is 6.05. The van der Waals surface area contributed by atoms with Gasteiger partial charge in [0.1, 0.15) is 5.75 Å². The van der Waals surface area contributed by atoms with E-state index >= 15 is 0 Å². The standard InChI is InChI=1S/C23H26N6O2/c24-18-8-9-28(13-18)22-25-21(16-6-3-7-20(31)11-16)26-23(27-22)29-12-17-5-2-1-4-15(17)10-19(29)14-30/h1-7,11,18-19,30-31H,8-10,12-14,24H2/t18-,19+/m0/s1. The molecule has 0 amide bonds. The van der Waals surface area contributed by atoms with Crippen molar-refractivity contribution in [3.8, 4) is 17.1 Å². The second-order valence-corrected chi connectivity index (χ2v) is 8.24. The molecular formula is C23H26N6O2. The van der Waals surface area contributed by atoms with Crippen molar-refractivity contribution in [1.29, 1.82) is 0 Å². The van der Waals surface area contributed by atoms with Crippen LogP contribution >= 0.6 is 0 Å². The highest BCUT2D eigenvalue weighted by Gasteiger charge is 2.30. The van der Waals surface area contributed by atoms with Crippen LogP contribution in [0, 0.1) is 0 Å². The van der Waals surface area contributed by atoms with Crippen LogP contribution in [0.15, 0.2) is 48.5 Å². The Morgan fingerprint density at radius 1 is 1.00 bits per heavy atom. The summed E-state index contributed by atoms with van der Waals surface area (Å²) in [5, 5.41) is 20.1. The molecule has 2 atom stereocenters. The Morgan fingerprint density at radius 2 is 1.81 bits per heavy atom. The first-order chi connectivity index (χ1) is 15.1. The molecule has 2 aromatic carbocycles. The number of nitrogens with two attached hydrogens (primary N) is 1. The van der Waals surface area contributed by atoms with E-state index < -0.39 is 0 Å². The number of anilines is 2. The SMILES string of the molecule is N[C@H]1CCN(c2nc(-c3cccc(O)c3)nc(N3Cc4ccccc4C[C@@H]3CO)n2)C1. The maximum Gasteiger partial charge on any atom is 0.231 e. The van der Waals surface area contributed by atoms with Crippen LogP contribution in [0.5, 0.6) is 5.75 Å². The Bertz CT molecular complexity index is 1090. The molecule has 1 saturated heterocycles. The second kappa shape index (κ2) is 8.13. The van der Waals surface area contributed by atoms with Gasteiger partial charge in [-0.2, -0.15) is 15.0 Å². The molecule has 0 bridgehead atoms. The molecule has 2 aliphatic rings. The van der Waals surface area contributed by atoms with Crippen LogP contribution in [0.3, 0.4) is 0 Å². The summed E-state index contributed by atoms with van der Waals surface area (Å²) in [6.07, 6.45) is 1.61. The topological polar surface area (TPSA) is 112 Å². The molecule has 8 nitrogen and oxygen atoms in total. The minimum absolute atomic E-state index is 0.00535. The van der Waals surface area contributed by atoms with Crippen molar-refractivity contribution in [2.45, 2.75) is 31.5 Å². The molecule has 31 heavy (non-hydrogen) atoms. The first-order valence-electron chi connectivity index (χ1n) is 10.6. The van der Waals surface area contributed by atoms with Crippen molar-refractivity contribution in [3.05, 3.63) is 59.7 Å². The van der Waals surface area contributed by atoms with E-state index in [9.17, 15) is 10.2 Å². The third kappa shape index (κ3) is 3.92.